The van der Waals surface area contributed by atoms with Crippen molar-refractivity contribution in [1.29, 1.82) is 5.41 Å². The van der Waals surface area contributed by atoms with E-state index >= 15 is 0 Å². The number of rotatable bonds is 3. The molecule has 0 saturated heterocycles. The van der Waals surface area contributed by atoms with E-state index in [2.05, 4.69) is 15.9 Å². The van der Waals surface area contributed by atoms with Gasteiger partial charge in [-0.2, -0.15) is 0 Å². The van der Waals surface area contributed by atoms with Gasteiger partial charge in [-0.05, 0) is 55.7 Å². The van der Waals surface area contributed by atoms with E-state index in [1.165, 1.54) is 12.1 Å². The van der Waals surface area contributed by atoms with E-state index in [0.29, 0.717) is 41.5 Å². The van der Waals surface area contributed by atoms with Gasteiger partial charge in [-0.15, -0.1) is 0 Å². The van der Waals surface area contributed by atoms with Crippen LogP contribution in [0.1, 0.15) is 41.9 Å². The number of carbonyl (C=O) groups is 1. The number of aliphatic hydroxyl groups excluding tert-OH is 1. The number of nitrogens with zero attached hydrogens (tertiary/aromatic N) is 1. The fourth-order valence-electron chi connectivity index (χ4n) is 4.95. The molecule has 1 heterocycles. The molecule has 35 heavy (non-hydrogen) atoms. The molecule has 0 saturated carbocycles. The van der Waals surface area contributed by atoms with Gasteiger partial charge in [-0.3, -0.25) is 15.1 Å². The van der Waals surface area contributed by atoms with E-state index in [0.717, 1.165) is 21.4 Å². The van der Waals surface area contributed by atoms with Gasteiger partial charge in [-0.25, -0.2) is 4.39 Å². The minimum atomic E-state index is -0.671. The first-order valence-corrected chi connectivity index (χ1v) is 12.3. The molecule has 3 aromatic carbocycles. The lowest BCUT2D eigenvalue weighted by atomic mass is 9.73. The summed E-state index contributed by atoms with van der Waals surface area (Å²) in [7, 11) is 0. The highest BCUT2D eigenvalue weighted by molar-refractivity contribution is 9.10. The highest BCUT2D eigenvalue weighted by Crippen LogP contribution is 2.48. The van der Waals surface area contributed by atoms with Crippen LogP contribution in [-0.2, 0) is 4.79 Å². The summed E-state index contributed by atoms with van der Waals surface area (Å²) >= 11 is 3.51. The van der Waals surface area contributed by atoms with Crippen LogP contribution in [0, 0.1) is 18.2 Å². The maximum atomic E-state index is 13.8. The van der Waals surface area contributed by atoms with Gasteiger partial charge in [0.05, 0.1) is 0 Å². The highest BCUT2D eigenvalue weighted by Gasteiger charge is 2.43. The molecule has 2 N–H and O–H groups in total. The molecule has 5 rings (SSSR count). The van der Waals surface area contributed by atoms with Crippen molar-refractivity contribution < 1.29 is 14.3 Å². The third kappa shape index (κ3) is 4.23. The van der Waals surface area contributed by atoms with Crippen LogP contribution < -0.4 is 4.90 Å². The van der Waals surface area contributed by atoms with E-state index < -0.39 is 5.92 Å². The quantitative estimate of drug-likeness (QED) is 0.345. The van der Waals surface area contributed by atoms with Crippen molar-refractivity contribution in [3.63, 3.8) is 0 Å². The Morgan fingerprint density at radius 3 is 2.46 bits per heavy atom. The molecular formula is C29H24BrFN2O2. The minimum absolute atomic E-state index is 0.0118. The van der Waals surface area contributed by atoms with Crippen molar-refractivity contribution in [2.75, 3.05) is 4.90 Å². The van der Waals surface area contributed by atoms with Gasteiger partial charge >= 0.3 is 0 Å². The number of carbonyl (C=O) groups excluding carboxylic acids is 1. The summed E-state index contributed by atoms with van der Waals surface area (Å²) in [4.78, 5) is 15.2. The molecular weight excluding hydrogens is 507 g/mol. The monoisotopic (exact) mass is 530 g/mol. The lowest BCUT2D eigenvalue weighted by Gasteiger charge is -2.41. The Morgan fingerprint density at radius 2 is 1.77 bits per heavy atom. The number of ketones is 1. The molecule has 1 unspecified atom stereocenters. The Bertz CT molecular complexity index is 1390. The standard InChI is InChI=1S/C29H24BrFN2O2/c1-17-8-10-19(11-9-17)28(35)27-25(18-12-14-21(31)15-13-18)26-23(6-3-7-24(26)34)33(29(27)32)22-5-2-4-20(30)16-22/h2,4-5,8-16,25,32,35H,3,6-7H2,1H3/b28-27+,32-29?. The molecule has 0 amide bonds. The summed E-state index contributed by atoms with van der Waals surface area (Å²) in [5.41, 5.74) is 4.66. The van der Waals surface area contributed by atoms with Crippen LogP contribution >= 0.6 is 15.9 Å². The van der Waals surface area contributed by atoms with Crippen molar-refractivity contribution in [2.45, 2.75) is 32.1 Å². The van der Waals surface area contributed by atoms with Gasteiger partial charge in [0.2, 0.25) is 0 Å². The SMILES string of the molecule is Cc1ccc(/C(O)=C2\C(=N)N(c3cccc(Br)c3)C3=C(C(=O)CCC3)C2c2ccc(F)cc2)cc1. The van der Waals surface area contributed by atoms with Crippen LogP contribution in [0.25, 0.3) is 5.76 Å². The van der Waals surface area contributed by atoms with E-state index in [4.69, 9.17) is 0 Å². The predicted molar refractivity (Wildman–Crippen MR) is 140 cm³/mol. The van der Waals surface area contributed by atoms with Crippen LogP contribution in [0.3, 0.4) is 0 Å². The van der Waals surface area contributed by atoms with E-state index in [9.17, 15) is 19.7 Å². The predicted octanol–water partition coefficient (Wildman–Crippen LogP) is 7.45. The van der Waals surface area contributed by atoms with E-state index in [1.807, 2.05) is 55.5 Å². The molecule has 1 aliphatic heterocycles. The number of amidine groups is 1. The van der Waals surface area contributed by atoms with Crippen LogP contribution in [0.15, 0.2) is 94.1 Å². The number of hydrogen-bond donors (Lipinski definition) is 2. The number of halogens is 2. The number of allylic oxidation sites excluding steroid dienone is 2. The number of hydrogen-bond acceptors (Lipinski definition) is 3. The molecule has 2 aliphatic rings. The average Bonchev–Trinajstić information content (AvgIpc) is 2.84. The Morgan fingerprint density at radius 1 is 1.06 bits per heavy atom. The van der Waals surface area contributed by atoms with Gasteiger partial charge in [0.25, 0.3) is 0 Å². The van der Waals surface area contributed by atoms with Gasteiger partial charge in [0.15, 0.2) is 5.78 Å². The fourth-order valence-corrected chi connectivity index (χ4v) is 5.33. The average molecular weight is 531 g/mol. The second-order valence-electron chi connectivity index (χ2n) is 8.91. The van der Waals surface area contributed by atoms with Crippen molar-refractivity contribution in [3.05, 3.63) is 117 Å². The summed E-state index contributed by atoms with van der Waals surface area (Å²) in [5, 5.41) is 20.9. The first-order chi connectivity index (χ1) is 16.8. The number of aryl methyl sites for hydroxylation is 1. The summed E-state index contributed by atoms with van der Waals surface area (Å²) < 4.78 is 14.7. The Kier molecular flexibility index (Phi) is 6.15. The summed E-state index contributed by atoms with van der Waals surface area (Å²) in [6.45, 7) is 1.96. The summed E-state index contributed by atoms with van der Waals surface area (Å²) in [6.07, 6.45) is 1.72. The van der Waals surface area contributed by atoms with Crippen LogP contribution in [0.5, 0.6) is 0 Å². The zero-order valence-corrected chi connectivity index (χ0v) is 20.8. The fraction of sp³-hybridized carbons (Fsp3) is 0.172. The number of Topliss-reactive ketones (excluding diaryl/α,β-unsaturated/α-hetero) is 1. The Hall–Kier alpha value is -3.51. The molecule has 1 atom stereocenters. The molecule has 0 radical (unpaired) electrons. The molecule has 0 aromatic heterocycles. The zero-order valence-electron chi connectivity index (χ0n) is 19.2. The zero-order chi connectivity index (χ0) is 24.7. The van der Waals surface area contributed by atoms with Crippen molar-refractivity contribution in [3.8, 4) is 0 Å². The maximum absolute atomic E-state index is 13.8. The summed E-state index contributed by atoms with van der Waals surface area (Å²) in [6, 6.07) is 21.0. The number of nitrogens with one attached hydrogen (secondary N) is 1. The van der Waals surface area contributed by atoms with Crippen molar-refractivity contribution in [1.82, 2.24) is 0 Å². The normalized spacial score (nSPS) is 19.6. The Labute approximate surface area is 212 Å². The molecule has 3 aromatic rings. The lowest BCUT2D eigenvalue weighted by Crippen LogP contribution is -2.42. The molecule has 4 nitrogen and oxygen atoms in total. The lowest BCUT2D eigenvalue weighted by molar-refractivity contribution is -0.116. The largest absolute Gasteiger partial charge is 0.507 e. The van der Waals surface area contributed by atoms with Crippen LogP contribution in [-0.4, -0.2) is 16.7 Å². The highest BCUT2D eigenvalue weighted by atomic mass is 79.9. The van der Waals surface area contributed by atoms with Gasteiger partial charge < -0.3 is 5.11 Å². The van der Waals surface area contributed by atoms with E-state index in [1.54, 1.807) is 17.0 Å². The number of anilines is 1. The van der Waals surface area contributed by atoms with Gasteiger partial charge in [-0.1, -0.05) is 64.0 Å². The van der Waals surface area contributed by atoms with Crippen molar-refractivity contribution in [2.24, 2.45) is 0 Å². The third-order valence-corrected chi connectivity index (χ3v) is 7.10. The second-order valence-corrected chi connectivity index (χ2v) is 9.83. The molecule has 176 valence electrons. The molecule has 0 fully saturated rings. The molecule has 6 heteroatoms. The smallest absolute Gasteiger partial charge is 0.161 e. The second kappa shape index (κ2) is 9.27. The first kappa shape index (κ1) is 23.2. The van der Waals surface area contributed by atoms with Gasteiger partial charge in [0.1, 0.15) is 17.4 Å². The molecule has 0 bridgehead atoms. The minimum Gasteiger partial charge on any atom is -0.507 e. The van der Waals surface area contributed by atoms with E-state index in [-0.39, 0.29) is 23.2 Å². The first-order valence-electron chi connectivity index (χ1n) is 11.5. The van der Waals surface area contributed by atoms with Gasteiger partial charge in [0, 0.05) is 44.9 Å². The summed E-state index contributed by atoms with van der Waals surface area (Å²) in [5.74, 6) is -1.02. The maximum Gasteiger partial charge on any atom is 0.161 e. The molecule has 1 aliphatic carbocycles. The van der Waals surface area contributed by atoms with Crippen molar-refractivity contribution >= 4 is 39.0 Å². The Balaban J connectivity index is 1.82. The number of benzene rings is 3. The topological polar surface area (TPSA) is 64.4 Å². The third-order valence-electron chi connectivity index (χ3n) is 6.60. The van der Waals surface area contributed by atoms with Crippen LogP contribution in [0.4, 0.5) is 10.1 Å². The number of aliphatic hydroxyl groups is 1. The van der Waals surface area contributed by atoms with Crippen LogP contribution in [0.2, 0.25) is 0 Å². The molecule has 0 spiro atoms.